The molecule has 0 heterocycles. The molecular formula is C9H16O5. The number of rotatable bonds is 7. The van der Waals surface area contributed by atoms with Crippen LogP contribution in [0.15, 0.2) is 0 Å². The van der Waals surface area contributed by atoms with Crippen LogP contribution >= 0.6 is 0 Å². The Hall–Kier alpha value is -0.940. The third kappa shape index (κ3) is 5.66. The number of ketones is 1. The van der Waals surface area contributed by atoms with Crippen LogP contribution in [0.25, 0.3) is 0 Å². The lowest BCUT2D eigenvalue weighted by atomic mass is 10.2. The molecule has 0 bridgehead atoms. The van der Waals surface area contributed by atoms with Gasteiger partial charge in [-0.1, -0.05) is 6.92 Å². The van der Waals surface area contributed by atoms with E-state index in [9.17, 15) is 9.59 Å². The summed E-state index contributed by atoms with van der Waals surface area (Å²) in [6, 6.07) is 0. The maximum atomic E-state index is 11.0. The number of carbonyl (C=O) groups excluding carboxylic acids is 2. The minimum atomic E-state index is -0.920. The number of hydrogen-bond acceptors (Lipinski definition) is 5. The van der Waals surface area contributed by atoms with Gasteiger partial charge in [-0.3, -0.25) is 9.59 Å². The molecule has 0 radical (unpaired) electrons. The van der Waals surface area contributed by atoms with Crippen LogP contribution in [0.2, 0.25) is 0 Å². The number of aliphatic hydroxyl groups is 2. The zero-order chi connectivity index (χ0) is 11.0. The predicted molar refractivity (Wildman–Crippen MR) is 48.6 cm³/mol. The Bertz CT molecular complexity index is 186. The van der Waals surface area contributed by atoms with Gasteiger partial charge in [0.05, 0.1) is 13.2 Å². The molecule has 0 atom stereocenters. The van der Waals surface area contributed by atoms with Gasteiger partial charge in [-0.15, -0.1) is 0 Å². The zero-order valence-corrected chi connectivity index (χ0v) is 8.23. The molecule has 82 valence electrons. The van der Waals surface area contributed by atoms with Crippen molar-refractivity contribution in [1.29, 1.82) is 0 Å². The Balaban J connectivity index is 3.79. The Labute approximate surface area is 82.7 Å². The van der Waals surface area contributed by atoms with Gasteiger partial charge in [0.25, 0.3) is 0 Å². The Morgan fingerprint density at radius 1 is 1.29 bits per heavy atom. The van der Waals surface area contributed by atoms with E-state index in [0.29, 0.717) is 12.8 Å². The smallest absolute Gasteiger partial charge is 0.313 e. The highest BCUT2D eigenvalue weighted by Gasteiger charge is 2.15. The van der Waals surface area contributed by atoms with Gasteiger partial charge in [0.15, 0.2) is 0 Å². The van der Waals surface area contributed by atoms with Crippen molar-refractivity contribution in [3.05, 3.63) is 0 Å². The van der Waals surface area contributed by atoms with Crippen LogP contribution in [-0.4, -0.2) is 41.3 Å². The quantitative estimate of drug-likeness (QED) is 0.437. The van der Waals surface area contributed by atoms with Gasteiger partial charge in [0.2, 0.25) is 0 Å². The molecule has 0 amide bonds. The lowest BCUT2D eigenvalue weighted by Gasteiger charge is -2.11. The molecule has 0 aliphatic carbocycles. The normalized spacial score (nSPS) is 10.3. The first-order valence-electron chi connectivity index (χ1n) is 4.56. The maximum Gasteiger partial charge on any atom is 0.313 e. The van der Waals surface area contributed by atoms with E-state index in [1.54, 1.807) is 0 Å². The predicted octanol–water partition coefficient (Wildman–Crippen LogP) is -0.358. The topological polar surface area (TPSA) is 83.8 Å². The Morgan fingerprint density at radius 3 is 2.29 bits per heavy atom. The third-order valence-corrected chi connectivity index (χ3v) is 1.58. The molecule has 5 heteroatoms. The molecule has 0 fully saturated rings. The van der Waals surface area contributed by atoms with Gasteiger partial charge in [0.1, 0.15) is 18.3 Å². The summed E-state index contributed by atoms with van der Waals surface area (Å²) in [4.78, 5) is 22.0. The maximum absolute atomic E-state index is 11.0. The second-order valence-corrected chi connectivity index (χ2v) is 2.94. The third-order valence-electron chi connectivity index (χ3n) is 1.58. The van der Waals surface area contributed by atoms with Crippen molar-refractivity contribution in [2.75, 3.05) is 13.2 Å². The number of aliphatic hydroxyl groups excluding tert-OH is 2. The summed E-state index contributed by atoms with van der Waals surface area (Å²) in [5.74, 6) is -0.885. The molecule has 0 unspecified atom stereocenters. The highest BCUT2D eigenvalue weighted by Crippen LogP contribution is 1.99. The van der Waals surface area contributed by atoms with Crippen molar-refractivity contribution in [3.63, 3.8) is 0 Å². The summed E-state index contributed by atoms with van der Waals surface area (Å²) in [7, 11) is 0. The Morgan fingerprint density at radius 2 is 1.86 bits per heavy atom. The van der Waals surface area contributed by atoms with Crippen LogP contribution in [0.4, 0.5) is 0 Å². The van der Waals surface area contributed by atoms with Crippen molar-refractivity contribution in [3.8, 4) is 0 Å². The molecule has 0 aromatic heterocycles. The molecule has 0 saturated carbocycles. The van der Waals surface area contributed by atoms with Crippen molar-refractivity contribution in [2.24, 2.45) is 0 Å². The second-order valence-electron chi connectivity index (χ2n) is 2.94. The molecule has 0 rings (SSSR count). The average Bonchev–Trinajstić information content (AvgIpc) is 2.14. The van der Waals surface area contributed by atoms with Crippen LogP contribution in [0.5, 0.6) is 0 Å². The molecule has 14 heavy (non-hydrogen) atoms. The zero-order valence-electron chi connectivity index (χ0n) is 8.23. The number of esters is 1. The number of ether oxygens (including phenoxy) is 1. The van der Waals surface area contributed by atoms with Crippen molar-refractivity contribution < 1.29 is 24.5 Å². The molecule has 0 aliphatic heterocycles. The second kappa shape index (κ2) is 7.46. The van der Waals surface area contributed by atoms with Crippen LogP contribution in [0.1, 0.15) is 26.2 Å². The van der Waals surface area contributed by atoms with Crippen molar-refractivity contribution >= 4 is 11.8 Å². The summed E-state index contributed by atoms with van der Waals surface area (Å²) in [6.45, 7) is 0.960. The fraction of sp³-hybridized carbons (Fsp3) is 0.778. The number of carbonyl (C=O) groups is 2. The fourth-order valence-electron chi connectivity index (χ4n) is 0.888. The number of hydrogen-bond donors (Lipinski definition) is 2. The summed E-state index contributed by atoms with van der Waals surface area (Å²) in [5, 5.41) is 17.2. The minimum absolute atomic E-state index is 0.188. The van der Waals surface area contributed by atoms with Crippen LogP contribution in [0, 0.1) is 0 Å². The van der Waals surface area contributed by atoms with Gasteiger partial charge in [-0.2, -0.15) is 0 Å². The molecule has 0 spiro atoms. The average molecular weight is 204 g/mol. The minimum Gasteiger partial charge on any atom is -0.457 e. The summed E-state index contributed by atoms with van der Waals surface area (Å²) in [5.41, 5.74) is 0. The molecule has 0 aromatic rings. The SMILES string of the molecule is CCCC(=O)CC(=O)OC(CO)CO. The van der Waals surface area contributed by atoms with E-state index in [4.69, 9.17) is 10.2 Å². The molecule has 2 N–H and O–H groups in total. The standard InChI is InChI=1S/C9H16O5/c1-2-3-7(12)4-9(13)14-8(5-10)6-11/h8,10-11H,2-6H2,1H3. The van der Waals surface area contributed by atoms with E-state index >= 15 is 0 Å². The Kier molecular flexibility index (Phi) is 6.96. The van der Waals surface area contributed by atoms with E-state index < -0.39 is 25.3 Å². The lowest BCUT2D eigenvalue weighted by Crippen LogP contribution is -2.26. The van der Waals surface area contributed by atoms with E-state index in [1.165, 1.54) is 0 Å². The van der Waals surface area contributed by atoms with E-state index in [1.807, 2.05) is 6.92 Å². The summed E-state index contributed by atoms with van der Waals surface area (Å²) >= 11 is 0. The first-order chi connectivity index (χ1) is 6.63. The molecule has 5 nitrogen and oxygen atoms in total. The van der Waals surface area contributed by atoms with Gasteiger partial charge in [-0.25, -0.2) is 0 Å². The number of Topliss-reactive ketones (excluding diaryl/α,β-unsaturated/α-hetero) is 1. The molecule has 0 aliphatic rings. The summed E-state index contributed by atoms with van der Waals surface area (Å²) < 4.78 is 4.61. The van der Waals surface area contributed by atoms with Crippen molar-refractivity contribution in [2.45, 2.75) is 32.3 Å². The van der Waals surface area contributed by atoms with E-state index in [-0.39, 0.29) is 12.2 Å². The molecular weight excluding hydrogens is 188 g/mol. The highest BCUT2D eigenvalue weighted by molar-refractivity contribution is 5.95. The molecule has 0 aromatic carbocycles. The lowest BCUT2D eigenvalue weighted by molar-refractivity contribution is -0.154. The van der Waals surface area contributed by atoms with Crippen LogP contribution < -0.4 is 0 Å². The van der Waals surface area contributed by atoms with Crippen molar-refractivity contribution in [1.82, 2.24) is 0 Å². The highest BCUT2D eigenvalue weighted by atomic mass is 16.6. The van der Waals surface area contributed by atoms with Crippen LogP contribution in [0.3, 0.4) is 0 Å². The van der Waals surface area contributed by atoms with E-state index in [2.05, 4.69) is 4.74 Å². The molecule has 0 saturated heterocycles. The van der Waals surface area contributed by atoms with Gasteiger partial charge in [-0.05, 0) is 6.42 Å². The largest absolute Gasteiger partial charge is 0.457 e. The van der Waals surface area contributed by atoms with Crippen LogP contribution in [-0.2, 0) is 14.3 Å². The monoisotopic (exact) mass is 204 g/mol. The van der Waals surface area contributed by atoms with Gasteiger partial charge >= 0.3 is 5.97 Å². The first-order valence-corrected chi connectivity index (χ1v) is 4.56. The first kappa shape index (κ1) is 13.1. The fourth-order valence-corrected chi connectivity index (χ4v) is 0.888. The summed E-state index contributed by atoms with van der Waals surface area (Å²) in [6.07, 6.45) is -0.172. The van der Waals surface area contributed by atoms with Gasteiger partial charge < -0.3 is 14.9 Å². The van der Waals surface area contributed by atoms with E-state index in [0.717, 1.165) is 0 Å². The van der Waals surface area contributed by atoms with Gasteiger partial charge in [0, 0.05) is 6.42 Å².